The van der Waals surface area contributed by atoms with Gasteiger partial charge in [-0.2, -0.15) is 0 Å². The minimum absolute atomic E-state index is 0.118. The Kier molecular flexibility index (Phi) is 7.12. The van der Waals surface area contributed by atoms with Crippen LogP contribution in [0.5, 0.6) is 0 Å². The number of hydrogen-bond donors (Lipinski definition) is 1. The monoisotopic (exact) mass is 539 g/mol. The van der Waals surface area contributed by atoms with Gasteiger partial charge in [-0.05, 0) is 82.8 Å². The number of rotatable bonds is 3. The van der Waals surface area contributed by atoms with Gasteiger partial charge in [0.25, 0.3) is 0 Å². The predicted octanol–water partition coefficient (Wildman–Crippen LogP) is 3.67. The van der Waals surface area contributed by atoms with Crippen molar-refractivity contribution in [2.24, 2.45) is 11.7 Å². The molecule has 5 rings (SSSR count). The molecule has 3 heterocycles. The van der Waals surface area contributed by atoms with E-state index in [-0.39, 0.29) is 18.0 Å². The highest BCUT2D eigenvalue weighted by Crippen LogP contribution is 2.38. The molecule has 7 nitrogen and oxygen atoms in total. The second-order valence-electron chi connectivity index (χ2n) is 10.1. The summed E-state index contributed by atoms with van der Waals surface area (Å²) in [6.45, 7) is 6.67. The van der Waals surface area contributed by atoms with E-state index in [9.17, 15) is 9.59 Å². The molecule has 0 spiro atoms. The van der Waals surface area contributed by atoms with Gasteiger partial charge in [-0.25, -0.2) is 4.79 Å². The van der Waals surface area contributed by atoms with E-state index in [2.05, 4.69) is 52.0 Å². The van der Waals surface area contributed by atoms with E-state index in [0.717, 1.165) is 62.0 Å². The van der Waals surface area contributed by atoms with Gasteiger partial charge in [-0.3, -0.25) is 14.7 Å². The lowest BCUT2D eigenvalue weighted by atomic mass is 9.91. The molecule has 8 heteroatoms. The molecule has 1 unspecified atom stereocenters. The van der Waals surface area contributed by atoms with Gasteiger partial charge in [0.2, 0.25) is 5.91 Å². The van der Waals surface area contributed by atoms with E-state index in [4.69, 9.17) is 10.7 Å². The van der Waals surface area contributed by atoms with Gasteiger partial charge in [0, 0.05) is 56.4 Å². The van der Waals surface area contributed by atoms with Gasteiger partial charge in [0.05, 0.1) is 11.7 Å². The third kappa shape index (κ3) is 5.09. The Labute approximate surface area is 215 Å². The third-order valence-electron chi connectivity index (χ3n) is 8.00. The van der Waals surface area contributed by atoms with Crippen LogP contribution in [0.4, 0.5) is 4.79 Å². The number of aryl methyl sites for hydroxylation is 3. The fourth-order valence-corrected chi connectivity index (χ4v) is 6.39. The molecule has 2 aromatic rings. The summed E-state index contributed by atoms with van der Waals surface area (Å²) in [5.41, 5.74) is 12.0. The first-order valence-electron chi connectivity index (χ1n) is 12.7. The highest BCUT2D eigenvalue weighted by atomic mass is 79.9. The minimum atomic E-state index is -0.357. The summed E-state index contributed by atoms with van der Waals surface area (Å²) in [6, 6.07) is 8.62. The van der Waals surface area contributed by atoms with Crippen molar-refractivity contribution in [3.8, 4) is 0 Å². The van der Waals surface area contributed by atoms with Crippen molar-refractivity contribution < 1.29 is 9.59 Å². The number of primary amides is 1. The summed E-state index contributed by atoms with van der Waals surface area (Å²) in [5.74, 6) is 0.573. The lowest BCUT2D eigenvalue weighted by molar-refractivity contribution is -0.134. The molecule has 0 saturated carbocycles. The normalized spacial score (nSPS) is 21.3. The first-order chi connectivity index (χ1) is 16.9. The molecule has 2 aliphatic heterocycles. The molecule has 186 valence electrons. The summed E-state index contributed by atoms with van der Waals surface area (Å²) in [4.78, 5) is 35.6. The van der Waals surface area contributed by atoms with Crippen molar-refractivity contribution in [3.63, 3.8) is 0 Å². The van der Waals surface area contributed by atoms with Crippen molar-refractivity contribution in [2.45, 2.75) is 45.1 Å². The molecule has 1 atom stereocenters. The smallest absolute Gasteiger partial charge is 0.314 e. The molecule has 3 amide bonds. The number of nitrogens with zero attached hydrogens (tertiary/aromatic N) is 4. The maximum atomic E-state index is 13.1. The highest BCUT2D eigenvalue weighted by molar-refractivity contribution is 9.10. The van der Waals surface area contributed by atoms with Crippen LogP contribution in [0.3, 0.4) is 0 Å². The number of carbonyl (C=O) groups excluding carboxylic acids is 2. The first-order valence-corrected chi connectivity index (χ1v) is 13.5. The molecule has 0 bridgehead atoms. The zero-order chi connectivity index (χ0) is 24.5. The lowest BCUT2D eigenvalue weighted by Gasteiger charge is -2.41. The number of urea groups is 1. The van der Waals surface area contributed by atoms with Crippen molar-refractivity contribution in [3.05, 3.63) is 62.9 Å². The lowest BCUT2D eigenvalue weighted by Crippen LogP contribution is -2.50. The number of aromatic nitrogens is 1. The number of amides is 3. The standard InChI is InChI=1S/C27H34BrN5O2/c1-18-3-2-4-20-5-6-21-16-22(28)17-30-25(21)26(24(18)20)32-13-11-31(12-14-32)23(34)15-19-7-9-33(10-8-19)27(29)35/h2-4,16-17,19,26H,5-15H2,1H3,(H2,29,35). The Hall–Kier alpha value is -2.45. The maximum absolute atomic E-state index is 13.1. The van der Waals surface area contributed by atoms with Crippen LogP contribution in [0.25, 0.3) is 0 Å². The molecule has 2 fully saturated rings. The highest BCUT2D eigenvalue weighted by Gasteiger charge is 2.34. The van der Waals surface area contributed by atoms with Gasteiger partial charge >= 0.3 is 6.03 Å². The average Bonchev–Trinajstić information content (AvgIpc) is 3.02. The molecular formula is C27H34BrN5O2. The Morgan fingerprint density at radius 1 is 1.03 bits per heavy atom. The fraction of sp³-hybridized carbons (Fsp3) is 0.519. The van der Waals surface area contributed by atoms with Crippen LogP contribution in [0, 0.1) is 12.8 Å². The van der Waals surface area contributed by atoms with Crippen LogP contribution in [0.1, 0.15) is 53.3 Å². The van der Waals surface area contributed by atoms with Gasteiger partial charge in [0.15, 0.2) is 0 Å². The third-order valence-corrected chi connectivity index (χ3v) is 8.43. The predicted molar refractivity (Wildman–Crippen MR) is 139 cm³/mol. The Balaban J connectivity index is 1.29. The van der Waals surface area contributed by atoms with Crippen molar-refractivity contribution in [1.82, 2.24) is 19.7 Å². The molecule has 1 aromatic carbocycles. The average molecular weight is 541 g/mol. The zero-order valence-corrected chi connectivity index (χ0v) is 22.0. The summed E-state index contributed by atoms with van der Waals surface area (Å²) >= 11 is 3.61. The Morgan fingerprint density at radius 2 is 1.74 bits per heavy atom. The van der Waals surface area contributed by atoms with Crippen LogP contribution in [0.2, 0.25) is 0 Å². The number of fused-ring (bicyclic) bond motifs is 2. The number of halogens is 1. The van der Waals surface area contributed by atoms with Crippen LogP contribution < -0.4 is 5.73 Å². The quantitative estimate of drug-likeness (QED) is 0.645. The summed E-state index contributed by atoms with van der Waals surface area (Å²) < 4.78 is 1.02. The van der Waals surface area contributed by atoms with Gasteiger partial charge in [0.1, 0.15) is 0 Å². The number of carbonyl (C=O) groups is 2. The molecular weight excluding hydrogens is 506 g/mol. The number of piperidine rings is 1. The number of hydrogen-bond acceptors (Lipinski definition) is 4. The minimum Gasteiger partial charge on any atom is -0.351 e. The van der Waals surface area contributed by atoms with E-state index in [1.807, 2.05) is 11.1 Å². The number of benzene rings is 1. The summed E-state index contributed by atoms with van der Waals surface area (Å²) in [6.07, 6.45) is 6.19. The largest absolute Gasteiger partial charge is 0.351 e. The van der Waals surface area contributed by atoms with Crippen molar-refractivity contribution in [2.75, 3.05) is 39.3 Å². The van der Waals surface area contributed by atoms with E-state index < -0.39 is 0 Å². The molecule has 2 saturated heterocycles. The SMILES string of the molecule is Cc1cccc2c1C(N1CCN(C(=O)CC3CCN(C(N)=O)CC3)CC1)c1ncc(Br)cc1CC2. The van der Waals surface area contributed by atoms with Gasteiger partial charge < -0.3 is 15.5 Å². The second kappa shape index (κ2) is 10.3. The van der Waals surface area contributed by atoms with Gasteiger partial charge in [-0.15, -0.1) is 0 Å². The number of nitrogens with two attached hydrogens (primary N) is 1. The Morgan fingerprint density at radius 3 is 2.46 bits per heavy atom. The maximum Gasteiger partial charge on any atom is 0.314 e. The van der Waals surface area contributed by atoms with E-state index >= 15 is 0 Å². The van der Waals surface area contributed by atoms with Gasteiger partial charge in [-0.1, -0.05) is 18.2 Å². The summed E-state index contributed by atoms with van der Waals surface area (Å²) in [5, 5.41) is 0. The molecule has 1 aliphatic carbocycles. The number of likely N-dealkylation sites (tertiary alicyclic amines) is 1. The van der Waals surface area contributed by atoms with Crippen LogP contribution in [-0.4, -0.2) is 70.9 Å². The number of piperazine rings is 1. The second-order valence-corrected chi connectivity index (χ2v) is 11.1. The summed E-state index contributed by atoms with van der Waals surface area (Å²) in [7, 11) is 0. The zero-order valence-electron chi connectivity index (χ0n) is 20.4. The first kappa shape index (κ1) is 24.3. The topological polar surface area (TPSA) is 82.8 Å². The van der Waals surface area contributed by atoms with Crippen molar-refractivity contribution in [1.29, 1.82) is 0 Å². The van der Waals surface area contributed by atoms with Crippen LogP contribution in [0.15, 0.2) is 34.9 Å². The molecule has 2 N–H and O–H groups in total. The Bertz CT molecular complexity index is 1110. The molecule has 35 heavy (non-hydrogen) atoms. The number of pyridine rings is 1. The fourth-order valence-electron chi connectivity index (χ4n) is 6.01. The van der Waals surface area contributed by atoms with E-state index in [0.29, 0.717) is 25.4 Å². The molecule has 3 aliphatic rings. The molecule has 1 aromatic heterocycles. The van der Waals surface area contributed by atoms with E-state index in [1.54, 1.807) is 4.90 Å². The van der Waals surface area contributed by atoms with Crippen LogP contribution in [-0.2, 0) is 17.6 Å². The van der Waals surface area contributed by atoms with Crippen molar-refractivity contribution >= 4 is 27.9 Å². The van der Waals surface area contributed by atoms with Crippen LogP contribution >= 0.6 is 15.9 Å². The van der Waals surface area contributed by atoms with E-state index in [1.165, 1.54) is 22.3 Å². The molecule has 0 radical (unpaired) electrons.